The van der Waals surface area contributed by atoms with E-state index in [1.165, 1.54) is 17.0 Å². The van der Waals surface area contributed by atoms with Gasteiger partial charge in [0.25, 0.3) is 5.91 Å². The third-order valence-electron chi connectivity index (χ3n) is 6.61. The molecule has 0 saturated carbocycles. The summed E-state index contributed by atoms with van der Waals surface area (Å²) in [4.78, 5) is 32.4. The predicted molar refractivity (Wildman–Crippen MR) is 103 cm³/mol. The van der Waals surface area contributed by atoms with Crippen LogP contribution in [0, 0.1) is 5.41 Å². The van der Waals surface area contributed by atoms with Crippen LogP contribution in [-0.4, -0.2) is 76.7 Å². The number of aliphatic hydroxyl groups is 1. The first-order valence-electron chi connectivity index (χ1n) is 10.6. The Bertz CT molecular complexity index is 831. The summed E-state index contributed by atoms with van der Waals surface area (Å²) in [6.45, 7) is 2.73. The molecule has 3 aliphatic rings. The van der Waals surface area contributed by atoms with Crippen LogP contribution < -0.4 is 0 Å². The van der Waals surface area contributed by atoms with E-state index >= 15 is 0 Å². The molecule has 31 heavy (non-hydrogen) atoms. The van der Waals surface area contributed by atoms with Crippen molar-refractivity contribution in [3.63, 3.8) is 0 Å². The molecule has 170 valence electrons. The molecule has 1 amide bonds. The Morgan fingerprint density at radius 1 is 1.19 bits per heavy atom. The number of amides is 1. The number of rotatable bonds is 3. The number of nitrogens with zero attached hydrogens (tertiary/aromatic N) is 3. The topological polar surface area (TPSA) is 83.0 Å². The highest BCUT2D eigenvalue weighted by molar-refractivity contribution is 5.92. The van der Waals surface area contributed by atoms with Gasteiger partial charge in [-0.1, -0.05) is 6.07 Å². The lowest BCUT2D eigenvalue weighted by Gasteiger charge is -2.36. The van der Waals surface area contributed by atoms with Crippen molar-refractivity contribution < 1.29 is 32.6 Å². The van der Waals surface area contributed by atoms with Crippen molar-refractivity contribution in [2.24, 2.45) is 5.41 Å². The van der Waals surface area contributed by atoms with Gasteiger partial charge in [0.1, 0.15) is 17.5 Å². The third kappa shape index (κ3) is 4.69. The monoisotopic (exact) mass is 441 g/mol. The van der Waals surface area contributed by atoms with E-state index in [0.29, 0.717) is 38.6 Å². The largest absolute Gasteiger partial charge is 0.461 e. The minimum absolute atomic E-state index is 0.213. The zero-order valence-corrected chi connectivity index (χ0v) is 17.1. The number of aromatic nitrogens is 1. The van der Waals surface area contributed by atoms with Crippen LogP contribution in [0.2, 0.25) is 0 Å². The number of cyclic esters (lactones) is 1. The summed E-state index contributed by atoms with van der Waals surface area (Å²) in [5, 5.41) is 9.63. The molecule has 1 N–H and O–H groups in total. The molecule has 3 fully saturated rings. The van der Waals surface area contributed by atoms with Gasteiger partial charge in [-0.25, -0.2) is 4.98 Å². The highest BCUT2D eigenvalue weighted by atomic mass is 19.4. The van der Waals surface area contributed by atoms with Gasteiger partial charge in [-0.05, 0) is 37.8 Å². The molecular formula is C21H26F3N3O4. The second kappa shape index (κ2) is 8.38. The smallest absolute Gasteiger partial charge is 0.433 e. The summed E-state index contributed by atoms with van der Waals surface area (Å²) in [7, 11) is 0. The summed E-state index contributed by atoms with van der Waals surface area (Å²) >= 11 is 0. The van der Waals surface area contributed by atoms with Crippen LogP contribution in [0.25, 0.3) is 0 Å². The first-order chi connectivity index (χ1) is 14.7. The van der Waals surface area contributed by atoms with Gasteiger partial charge in [-0.15, -0.1) is 0 Å². The Morgan fingerprint density at radius 2 is 1.87 bits per heavy atom. The number of carbonyl (C=O) groups is 2. The fraction of sp³-hybridized carbons (Fsp3) is 0.667. The highest BCUT2D eigenvalue weighted by Crippen LogP contribution is 2.43. The fourth-order valence-corrected chi connectivity index (χ4v) is 4.75. The molecule has 1 aromatic rings. The quantitative estimate of drug-likeness (QED) is 0.724. The lowest BCUT2D eigenvalue weighted by molar-refractivity contribution is -0.151. The maximum absolute atomic E-state index is 12.9. The molecule has 0 radical (unpaired) electrons. The maximum Gasteiger partial charge on any atom is 0.433 e. The molecule has 7 nitrogen and oxygen atoms in total. The van der Waals surface area contributed by atoms with Crippen LogP contribution in [-0.2, 0) is 15.7 Å². The fourth-order valence-electron chi connectivity index (χ4n) is 4.75. The molecule has 3 aliphatic heterocycles. The molecule has 1 unspecified atom stereocenters. The number of aliphatic hydroxyl groups excluding tert-OH is 1. The Morgan fingerprint density at radius 3 is 2.52 bits per heavy atom. The second-order valence-electron chi connectivity index (χ2n) is 8.74. The van der Waals surface area contributed by atoms with Crippen molar-refractivity contribution in [2.45, 2.75) is 50.5 Å². The van der Waals surface area contributed by atoms with Crippen LogP contribution in [0.1, 0.15) is 48.3 Å². The molecule has 1 aromatic heterocycles. The van der Waals surface area contributed by atoms with Crippen molar-refractivity contribution in [1.29, 1.82) is 0 Å². The standard InChI is InChI=1S/C21H26F3N3O4/c22-21(23,24)17-3-1-2-16(25-17)18(29)27-10-6-20(7-11-27)12-15(31-19(20)30)13-26-8-4-14(28)5-9-26/h1-3,14-15,28H,4-13H2. The summed E-state index contributed by atoms with van der Waals surface area (Å²) < 4.78 is 44.3. The first-order valence-corrected chi connectivity index (χ1v) is 10.6. The SMILES string of the molecule is O=C(c1cccc(C(F)(F)F)n1)N1CCC2(CC1)CC(CN1CCC(O)CC1)OC2=O. The Hall–Kier alpha value is -2.20. The molecule has 1 spiro atoms. The number of hydrogen-bond donors (Lipinski definition) is 1. The lowest BCUT2D eigenvalue weighted by Crippen LogP contribution is -2.45. The van der Waals surface area contributed by atoms with Crippen LogP contribution in [0.15, 0.2) is 18.2 Å². The molecule has 0 aliphatic carbocycles. The van der Waals surface area contributed by atoms with Crippen LogP contribution in [0.5, 0.6) is 0 Å². The van der Waals surface area contributed by atoms with E-state index in [9.17, 15) is 27.9 Å². The van der Waals surface area contributed by atoms with Gasteiger partial charge < -0.3 is 14.7 Å². The van der Waals surface area contributed by atoms with E-state index in [1.54, 1.807) is 0 Å². The van der Waals surface area contributed by atoms with E-state index in [4.69, 9.17) is 4.74 Å². The first kappa shape index (κ1) is 22.0. The molecule has 0 bridgehead atoms. The average Bonchev–Trinajstić information content (AvgIpc) is 3.03. The van der Waals surface area contributed by atoms with Crippen LogP contribution >= 0.6 is 0 Å². The van der Waals surface area contributed by atoms with Crippen molar-refractivity contribution in [1.82, 2.24) is 14.8 Å². The number of alkyl halides is 3. The zero-order valence-electron chi connectivity index (χ0n) is 17.1. The Kier molecular flexibility index (Phi) is 5.95. The van der Waals surface area contributed by atoms with Crippen molar-refractivity contribution in [3.05, 3.63) is 29.6 Å². The van der Waals surface area contributed by atoms with E-state index in [0.717, 1.165) is 19.2 Å². The number of pyridine rings is 1. The number of carbonyl (C=O) groups excluding carboxylic acids is 2. The molecule has 10 heteroatoms. The number of halogens is 3. The Balaban J connectivity index is 1.35. The predicted octanol–water partition coefficient (Wildman–Crippen LogP) is 2.09. The van der Waals surface area contributed by atoms with E-state index in [1.807, 2.05) is 0 Å². The van der Waals surface area contributed by atoms with Crippen molar-refractivity contribution in [2.75, 3.05) is 32.7 Å². The van der Waals surface area contributed by atoms with Crippen molar-refractivity contribution >= 4 is 11.9 Å². The van der Waals surface area contributed by atoms with Gasteiger partial charge in [-0.3, -0.25) is 14.5 Å². The number of piperidine rings is 2. The maximum atomic E-state index is 12.9. The number of esters is 1. The third-order valence-corrected chi connectivity index (χ3v) is 6.61. The average molecular weight is 441 g/mol. The summed E-state index contributed by atoms with van der Waals surface area (Å²) in [5.74, 6) is -0.811. The van der Waals surface area contributed by atoms with Crippen LogP contribution in [0.3, 0.4) is 0 Å². The van der Waals surface area contributed by atoms with Gasteiger partial charge >= 0.3 is 12.1 Å². The zero-order chi connectivity index (χ0) is 22.2. The lowest BCUT2D eigenvalue weighted by atomic mass is 9.76. The molecule has 0 aromatic carbocycles. The number of ether oxygens (including phenoxy) is 1. The second-order valence-corrected chi connectivity index (χ2v) is 8.74. The number of hydrogen-bond acceptors (Lipinski definition) is 6. The van der Waals surface area contributed by atoms with Gasteiger partial charge in [0.05, 0.1) is 11.5 Å². The van der Waals surface area contributed by atoms with E-state index in [2.05, 4.69) is 9.88 Å². The summed E-state index contributed by atoms with van der Waals surface area (Å²) in [6, 6.07) is 3.28. The highest BCUT2D eigenvalue weighted by Gasteiger charge is 2.51. The normalized spacial score (nSPS) is 25.1. The van der Waals surface area contributed by atoms with Gasteiger partial charge in [-0.2, -0.15) is 13.2 Å². The van der Waals surface area contributed by atoms with Gasteiger partial charge in [0.15, 0.2) is 0 Å². The van der Waals surface area contributed by atoms with Crippen molar-refractivity contribution in [3.8, 4) is 0 Å². The molecular weight excluding hydrogens is 415 g/mol. The summed E-state index contributed by atoms with van der Waals surface area (Å²) in [5.41, 5.74) is -1.98. The molecule has 3 saturated heterocycles. The minimum Gasteiger partial charge on any atom is -0.461 e. The van der Waals surface area contributed by atoms with Crippen LogP contribution in [0.4, 0.5) is 13.2 Å². The summed E-state index contributed by atoms with van der Waals surface area (Å²) in [6.07, 6.45) is -2.24. The molecule has 4 rings (SSSR count). The Labute approximate surface area is 178 Å². The number of likely N-dealkylation sites (tertiary alicyclic amines) is 2. The molecule has 1 atom stereocenters. The minimum atomic E-state index is -4.61. The van der Waals surface area contributed by atoms with Gasteiger partial charge in [0.2, 0.25) is 0 Å². The van der Waals surface area contributed by atoms with E-state index in [-0.39, 0.29) is 37.0 Å². The van der Waals surface area contributed by atoms with Gasteiger partial charge in [0, 0.05) is 39.1 Å². The van der Waals surface area contributed by atoms with E-state index < -0.39 is 23.2 Å². The molecule has 4 heterocycles.